The summed E-state index contributed by atoms with van der Waals surface area (Å²) in [6, 6.07) is -3.08. The molecule has 1 rings (SSSR count). The van der Waals surface area contributed by atoms with E-state index in [4.69, 9.17) is 20.4 Å². The van der Waals surface area contributed by atoms with Gasteiger partial charge in [0.15, 0.2) is 6.04 Å². The first-order valence-corrected chi connectivity index (χ1v) is 7.54. The molecule has 0 saturated heterocycles. The zero-order valence-corrected chi connectivity index (χ0v) is 14.4. The molecule has 3 amide bonds. The number of carboxylic acid groups (broad SMARTS) is 1. The summed E-state index contributed by atoms with van der Waals surface area (Å²) in [5.74, 6) is -1.56. The van der Waals surface area contributed by atoms with E-state index in [-0.39, 0.29) is 24.2 Å². The van der Waals surface area contributed by atoms with Gasteiger partial charge in [-0.1, -0.05) is 6.92 Å². The third-order valence-corrected chi connectivity index (χ3v) is 2.82. The number of carboxylic acids is 1. The summed E-state index contributed by atoms with van der Waals surface area (Å²) in [5, 5.41) is 38.2. The molecule has 0 spiro atoms. The molecule has 9 N–H and O–H groups in total. The molecule has 26 heavy (non-hydrogen) atoms. The maximum Gasteiger partial charge on any atom is 0.328 e. The second-order valence-electron chi connectivity index (χ2n) is 5.02. The smallest absolute Gasteiger partial charge is 0.328 e. The lowest BCUT2D eigenvalue weighted by molar-refractivity contribution is -0.140. The number of carbonyl (C=O) groups excluding carboxylic acids is 2. The molecule has 0 bridgehead atoms. The van der Waals surface area contributed by atoms with E-state index in [1.54, 1.807) is 6.92 Å². The number of aliphatic carboxylic acids is 1. The lowest BCUT2D eigenvalue weighted by Crippen LogP contribution is -2.47. The van der Waals surface area contributed by atoms with Crippen molar-refractivity contribution >= 4 is 17.9 Å². The Hall–Kier alpha value is -2.77. The van der Waals surface area contributed by atoms with Gasteiger partial charge in [0.1, 0.15) is 6.04 Å². The Morgan fingerprint density at radius 1 is 1.31 bits per heavy atom. The van der Waals surface area contributed by atoms with E-state index in [9.17, 15) is 19.5 Å². The first kappa shape index (κ1) is 23.2. The average molecular weight is 376 g/mol. The Morgan fingerprint density at radius 2 is 1.88 bits per heavy atom. The number of nitrogens with zero attached hydrogens (tertiary/aromatic N) is 2. The van der Waals surface area contributed by atoms with Crippen LogP contribution in [0.1, 0.15) is 38.1 Å². The third-order valence-electron chi connectivity index (χ3n) is 2.82. The van der Waals surface area contributed by atoms with Crippen molar-refractivity contribution in [2.24, 2.45) is 11.5 Å². The molecule has 1 aromatic rings. The summed E-state index contributed by atoms with van der Waals surface area (Å²) in [4.78, 5) is 31.6. The topological polar surface area (TPSA) is 227 Å². The monoisotopic (exact) mass is 376 g/mol. The first-order chi connectivity index (χ1) is 12.1. The standard InChI is InChI=1S/C10H17N5O6.C3H7NO/c1-4(17)7(11)8-15-14-6(21-8)2-12-10(20)13-5(3-16)9(18)19;1-2-3(4)5/h4-5,7,16-17H,2-3,11H2,1H3,(H,18,19)(H2,12,13,20);2H2,1H3,(H2,4,5)/t4?,5-,7?;/m0./s1. The summed E-state index contributed by atoms with van der Waals surface area (Å²) < 4.78 is 5.12. The van der Waals surface area contributed by atoms with Gasteiger partial charge in [0, 0.05) is 6.42 Å². The normalized spacial score (nSPS) is 13.6. The molecule has 0 aliphatic carbocycles. The molecule has 2 unspecified atom stereocenters. The summed E-state index contributed by atoms with van der Waals surface area (Å²) in [7, 11) is 0. The van der Waals surface area contributed by atoms with Gasteiger partial charge in [0.25, 0.3) is 0 Å². The Kier molecular flexibility index (Phi) is 10.5. The number of aromatic nitrogens is 2. The highest BCUT2D eigenvalue weighted by atomic mass is 16.4. The van der Waals surface area contributed by atoms with E-state index in [2.05, 4.69) is 21.2 Å². The highest BCUT2D eigenvalue weighted by Gasteiger charge is 2.21. The molecule has 0 radical (unpaired) electrons. The fraction of sp³-hybridized carbons (Fsp3) is 0.615. The molecule has 0 aliphatic heterocycles. The van der Waals surface area contributed by atoms with Gasteiger partial charge in [-0.2, -0.15) is 0 Å². The maximum absolute atomic E-state index is 11.4. The van der Waals surface area contributed by atoms with Gasteiger partial charge in [0.05, 0.1) is 19.3 Å². The van der Waals surface area contributed by atoms with Gasteiger partial charge in [-0.05, 0) is 6.92 Å². The number of hydrogen-bond acceptors (Lipinski definition) is 9. The molecule has 1 aromatic heterocycles. The van der Waals surface area contributed by atoms with Crippen molar-refractivity contribution in [1.82, 2.24) is 20.8 Å². The molecule has 148 valence electrons. The number of carbonyl (C=O) groups is 3. The van der Waals surface area contributed by atoms with Crippen LogP contribution in [0.3, 0.4) is 0 Å². The van der Waals surface area contributed by atoms with Crippen LogP contribution < -0.4 is 22.1 Å². The van der Waals surface area contributed by atoms with E-state index in [1.165, 1.54) is 6.92 Å². The quantitative estimate of drug-likeness (QED) is 0.254. The number of amides is 3. The summed E-state index contributed by atoms with van der Waals surface area (Å²) in [5.41, 5.74) is 10.2. The average Bonchev–Trinajstić information content (AvgIpc) is 3.06. The molecule has 13 heteroatoms. The van der Waals surface area contributed by atoms with Crippen LogP contribution in [-0.2, 0) is 16.1 Å². The minimum absolute atomic E-state index is 0.0148. The van der Waals surface area contributed by atoms with Crippen molar-refractivity contribution in [2.45, 2.75) is 45.0 Å². The summed E-state index contributed by atoms with van der Waals surface area (Å²) in [6.45, 7) is 2.28. The number of hydrogen-bond donors (Lipinski definition) is 7. The maximum atomic E-state index is 11.4. The Balaban J connectivity index is 0.00000110. The van der Waals surface area contributed by atoms with Crippen molar-refractivity contribution in [1.29, 1.82) is 0 Å². The highest BCUT2D eigenvalue weighted by molar-refractivity contribution is 5.82. The molecular weight excluding hydrogens is 352 g/mol. The highest BCUT2D eigenvalue weighted by Crippen LogP contribution is 2.12. The van der Waals surface area contributed by atoms with Crippen molar-refractivity contribution in [2.75, 3.05) is 6.61 Å². The zero-order chi connectivity index (χ0) is 20.3. The second-order valence-corrected chi connectivity index (χ2v) is 5.02. The van der Waals surface area contributed by atoms with E-state index >= 15 is 0 Å². The van der Waals surface area contributed by atoms with Crippen molar-refractivity contribution in [3.63, 3.8) is 0 Å². The lowest BCUT2D eigenvalue weighted by atomic mass is 10.2. The van der Waals surface area contributed by atoms with Crippen LogP contribution in [-0.4, -0.2) is 62.2 Å². The number of urea groups is 1. The Labute approximate surface area is 148 Å². The van der Waals surface area contributed by atoms with Crippen LogP contribution >= 0.6 is 0 Å². The molecule has 13 nitrogen and oxygen atoms in total. The van der Waals surface area contributed by atoms with Gasteiger partial charge in [-0.15, -0.1) is 10.2 Å². The summed E-state index contributed by atoms with van der Waals surface area (Å²) in [6.07, 6.45) is -0.435. The summed E-state index contributed by atoms with van der Waals surface area (Å²) >= 11 is 0. The van der Waals surface area contributed by atoms with Gasteiger partial charge in [-0.3, -0.25) is 4.79 Å². The number of nitrogens with two attached hydrogens (primary N) is 2. The predicted octanol–water partition coefficient (Wildman–Crippen LogP) is -2.42. The molecule has 0 saturated carbocycles. The number of primary amides is 1. The fourth-order valence-corrected chi connectivity index (χ4v) is 1.23. The van der Waals surface area contributed by atoms with Gasteiger partial charge < -0.3 is 41.8 Å². The third kappa shape index (κ3) is 8.91. The minimum Gasteiger partial charge on any atom is -0.480 e. The van der Waals surface area contributed by atoms with Crippen molar-refractivity contribution in [3.05, 3.63) is 11.8 Å². The van der Waals surface area contributed by atoms with E-state index in [1.807, 2.05) is 5.32 Å². The van der Waals surface area contributed by atoms with Crippen LogP contribution in [0.5, 0.6) is 0 Å². The second kappa shape index (κ2) is 11.7. The molecular formula is C13H24N6O7. The number of nitrogens with one attached hydrogen (secondary N) is 2. The van der Waals surface area contributed by atoms with Crippen LogP contribution in [0.25, 0.3) is 0 Å². The largest absolute Gasteiger partial charge is 0.480 e. The molecule has 1 heterocycles. The van der Waals surface area contributed by atoms with Crippen molar-refractivity contribution in [3.8, 4) is 0 Å². The Bertz CT molecular complexity index is 591. The number of aliphatic hydroxyl groups is 2. The molecule has 0 aliphatic rings. The van der Waals surface area contributed by atoms with Crippen LogP contribution in [0, 0.1) is 0 Å². The van der Waals surface area contributed by atoms with Crippen LogP contribution in [0.4, 0.5) is 4.79 Å². The van der Waals surface area contributed by atoms with Gasteiger partial charge >= 0.3 is 12.0 Å². The molecule has 0 aromatic carbocycles. The fourth-order valence-electron chi connectivity index (χ4n) is 1.23. The lowest BCUT2D eigenvalue weighted by Gasteiger charge is -2.11. The minimum atomic E-state index is -1.41. The predicted molar refractivity (Wildman–Crippen MR) is 86.3 cm³/mol. The van der Waals surface area contributed by atoms with Gasteiger partial charge in [0.2, 0.25) is 17.7 Å². The number of aliphatic hydroxyl groups excluding tert-OH is 2. The van der Waals surface area contributed by atoms with Crippen LogP contribution in [0.2, 0.25) is 0 Å². The zero-order valence-electron chi connectivity index (χ0n) is 14.4. The van der Waals surface area contributed by atoms with E-state index in [0.29, 0.717) is 6.42 Å². The van der Waals surface area contributed by atoms with Gasteiger partial charge in [-0.25, -0.2) is 9.59 Å². The van der Waals surface area contributed by atoms with E-state index < -0.39 is 36.8 Å². The molecule has 3 atom stereocenters. The SMILES string of the molecule is CC(O)C(N)c1nnc(CNC(=O)N[C@@H](CO)C(=O)O)o1.CCC(N)=O. The number of rotatable bonds is 8. The van der Waals surface area contributed by atoms with Crippen molar-refractivity contribution < 1.29 is 34.1 Å². The molecule has 0 fully saturated rings. The Morgan fingerprint density at radius 3 is 2.31 bits per heavy atom. The van der Waals surface area contributed by atoms with Crippen LogP contribution in [0.15, 0.2) is 4.42 Å². The van der Waals surface area contributed by atoms with E-state index in [0.717, 1.165) is 0 Å². The first-order valence-electron chi connectivity index (χ1n) is 7.54.